The van der Waals surface area contributed by atoms with Crippen LogP contribution in [0.15, 0.2) is 24.3 Å². The van der Waals surface area contributed by atoms with E-state index in [-0.39, 0.29) is 0 Å². The zero-order valence-electron chi connectivity index (χ0n) is 11.0. The van der Waals surface area contributed by atoms with Gasteiger partial charge in [-0.15, -0.1) is 0 Å². The van der Waals surface area contributed by atoms with Crippen LogP contribution in [0.2, 0.25) is 0 Å². The lowest BCUT2D eigenvalue weighted by atomic mass is 9.83. The highest BCUT2D eigenvalue weighted by atomic mass is 79.9. The van der Waals surface area contributed by atoms with Crippen LogP contribution in [-0.4, -0.2) is 10.7 Å². The second-order valence-electron chi connectivity index (χ2n) is 5.19. The minimum absolute atomic E-state index is 0.347. The van der Waals surface area contributed by atoms with E-state index in [1.165, 1.54) is 17.5 Å². The molecule has 0 fully saturated rings. The van der Waals surface area contributed by atoms with Crippen molar-refractivity contribution in [3.05, 3.63) is 35.4 Å². The first-order valence-electron chi connectivity index (χ1n) is 6.27. The molecule has 0 saturated carbocycles. The molecule has 96 valence electrons. The molecule has 1 rings (SSSR count). The van der Waals surface area contributed by atoms with E-state index in [0.717, 1.165) is 17.1 Å². The maximum Gasteiger partial charge on any atom is 0.00990 e. The fourth-order valence-corrected chi connectivity index (χ4v) is 4.02. The Balaban J connectivity index is 2.80. The van der Waals surface area contributed by atoms with Crippen LogP contribution in [0.1, 0.15) is 44.2 Å². The van der Waals surface area contributed by atoms with Crippen LogP contribution >= 0.6 is 31.9 Å². The van der Waals surface area contributed by atoms with Gasteiger partial charge in [0.25, 0.3) is 0 Å². The second-order valence-corrected chi connectivity index (χ2v) is 6.32. The van der Waals surface area contributed by atoms with Gasteiger partial charge >= 0.3 is 0 Å². The van der Waals surface area contributed by atoms with Crippen LogP contribution in [0.4, 0.5) is 0 Å². The molecule has 17 heavy (non-hydrogen) atoms. The van der Waals surface area contributed by atoms with Gasteiger partial charge in [0.15, 0.2) is 0 Å². The van der Waals surface area contributed by atoms with Crippen molar-refractivity contribution < 1.29 is 0 Å². The molecule has 0 unspecified atom stereocenters. The summed E-state index contributed by atoms with van der Waals surface area (Å²) in [6.07, 6.45) is 2.33. The Morgan fingerprint density at radius 1 is 1.06 bits per heavy atom. The van der Waals surface area contributed by atoms with Gasteiger partial charge in [0, 0.05) is 10.7 Å². The van der Waals surface area contributed by atoms with Crippen LogP contribution < -0.4 is 0 Å². The summed E-state index contributed by atoms with van der Waals surface area (Å²) >= 11 is 7.32. The predicted octanol–water partition coefficient (Wildman–Crippen LogP) is 5.54. The average Bonchev–Trinajstić information content (AvgIpc) is 2.37. The average molecular weight is 362 g/mol. The molecule has 0 bridgehead atoms. The van der Waals surface area contributed by atoms with Crippen molar-refractivity contribution in [2.24, 2.45) is 5.41 Å². The highest BCUT2D eigenvalue weighted by Gasteiger charge is 2.25. The first-order chi connectivity index (χ1) is 8.06. The lowest BCUT2D eigenvalue weighted by Gasteiger charge is -2.28. The summed E-state index contributed by atoms with van der Waals surface area (Å²) in [6.45, 7) is 6.75. The first-order valence-corrected chi connectivity index (χ1v) is 8.52. The minimum atomic E-state index is 0.347. The van der Waals surface area contributed by atoms with Crippen molar-refractivity contribution in [2.75, 3.05) is 10.7 Å². The SMILES string of the molecule is CCC(CBr)(CBr)Cc1ccc(C(C)C)cc1. The first kappa shape index (κ1) is 15.2. The van der Waals surface area contributed by atoms with Crippen LogP contribution in [0, 0.1) is 5.41 Å². The minimum Gasteiger partial charge on any atom is -0.0922 e. The van der Waals surface area contributed by atoms with E-state index in [1.54, 1.807) is 0 Å². The molecule has 0 aliphatic heterocycles. The summed E-state index contributed by atoms with van der Waals surface area (Å²) in [6, 6.07) is 9.10. The fraction of sp³-hybridized carbons (Fsp3) is 0.600. The van der Waals surface area contributed by atoms with E-state index in [0.29, 0.717) is 11.3 Å². The molecule has 0 heterocycles. The van der Waals surface area contributed by atoms with Gasteiger partial charge in [-0.2, -0.15) is 0 Å². The Morgan fingerprint density at radius 3 is 1.94 bits per heavy atom. The fourth-order valence-electron chi connectivity index (χ4n) is 1.90. The van der Waals surface area contributed by atoms with Gasteiger partial charge in [-0.3, -0.25) is 0 Å². The zero-order valence-corrected chi connectivity index (χ0v) is 14.1. The maximum absolute atomic E-state index is 3.66. The molecule has 0 aromatic heterocycles. The molecule has 0 spiro atoms. The van der Waals surface area contributed by atoms with Crippen molar-refractivity contribution in [3.8, 4) is 0 Å². The van der Waals surface area contributed by atoms with E-state index in [9.17, 15) is 0 Å². The highest BCUT2D eigenvalue weighted by molar-refractivity contribution is 9.09. The number of hydrogen-bond acceptors (Lipinski definition) is 0. The lowest BCUT2D eigenvalue weighted by molar-refractivity contribution is 0.374. The quantitative estimate of drug-likeness (QED) is 0.583. The third-order valence-corrected chi connectivity index (χ3v) is 5.92. The predicted molar refractivity (Wildman–Crippen MR) is 84.5 cm³/mol. The highest BCUT2D eigenvalue weighted by Crippen LogP contribution is 2.32. The van der Waals surface area contributed by atoms with Crippen LogP contribution in [-0.2, 0) is 6.42 Å². The normalized spacial score (nSPS) is 12.1. The van der Waals surface area contributed by atoms with Gasteiger partial charge in [0.2, 0.25) is 0 Å². The summed E-state index contributed by atoms with van der Waals surface area (Å²) in [7, 11) is 0. The number of rotatable bonds is 6. The number of halogens is 2. The van der Waals surface area contributed by atoms with Gasteiger partial charge < -0.3 is 0 Å². The summed E-state index contributed by atoms with van der Waals surface area (Å²) in [5.41, 5.74) is 3.21. The maximum atomic E-state index is 3.66. The van der Waals surface area contributed by atoms with Gasteiger partial charge in [0.05, 0.1) is 0 Å². The van der Waals surface area contributed by atoms with E-state index in [4.69, 9.17) is 0 Å². The third-order valence-electron chi connectivity index (χ3n) is 3.54. The van der Waals surface area contributed by atoms with Crippen LogP contribution in [0.25, 0.3) is 0 Å². The summed E-state index contributed by atoms with van der Waals surface area (Å²) in [5.74, 6) is 0.618. The van der Waals surface area contributed by atoms with E-state index in [1.807, 2.05) is 0 Å². The van der Waals surface area contributed by atoms with Crippen molar-refractivity contribution >= 4 is 31.9 Å². The summed E-state index contributed by atoms with van der Waals surface area (Å²) in [4.78, 5) is 0. The van der Waals surface area contributed by atoms with Crippen molar-refractivity contribution in [3.63, 3.8) is 0 Å². The molecule has 0 amide bonds. The lowest BCUT2D eigenvalue weighted by Crippen LogP contribution is -2.26. The van der Waals surface area contributed by atoms with E-state index < -0.39 is 0 Å². The summed E-state index contributed by atoms with van der Waals surface area (Å²) < 4.78 is 0. The molecule has 1 aromatic carbocycles. The van der Waals surface area contributed by atoms with Crippen molar-refractivity contribution in [2.45, 2.75) is 39.5 Å². The Kier molecular flexibility index (Phi) is 6.22. The largest absolute Gasteiger partial charge is 0.0922 e. The molecular formula is C15H22Br2. The van der Waals surface area contributed by atoms with Crippen molar-refractivity contribution in [1.29, 1.82) is 0 Å². The van der Waals surface area contributed by atoms with E-state index >= 15 is 0 Å². The standard InChI is InChI=1S/C15H22Br2/c1-4-15(10-16,11-17)9-13-5-7-14(8-6-13)12(2)3/h5-8,12H,4,9-11H2,1-3H3. The van der Waals surface area contributed by atoms with Gasteiger partial charge in [0.1, 0.15) is 0 Å². The van der Waals surface area contributed by atoms with Crippen molar-refractivity contribution in [1.82, 2.24) is 0 Å². The van der Waals surface area contributed by atoms with Gasteiger partial charge in [-0.1, -0.05) is 76.9 Å². The Hall–Kier alpha value is 0.180. The topological polar surface area (TPSA) is 0 Å². The third kappa shape index (κ3) is 4.10. The molecule has 2 heteroatoms. The number of alkyl halides is 2. The molecule has 0 radical (unpaired) electrons. The molecule has 0 saturated heterocycles. The molecular weight excluding hydrogens is 340 g/mol. The molecule has 0 N–H and O–H groups in total. The molecule has 0 aliphatic carbocycles. The van der Waals surface area contributed by atoms with Crippen LogP contribution in [0.5, 0.6) is 0 Å². The number of hydrogen-bond donors (Lipinski definition) is 0. The van der Waals surface area contributed by atoms with Gasteiger partial charge in [-0.25, -0.2) is 0 Å². The smallest absolute Gasteiger partial charge is 0.00990 e. The van der Waals surface area contributed by atoms with E-state index in [2.05, 4.69) is 76.9 Å². The molecule has 0 nitrogen and oxygen atoms in total. The Morgan fingerprint density at radius 2 is 1.59 bits per heavy atom. The Labute approximate surface area is 122 Å². The Bertz CT molecular complexity index is 315. The molecule has 0 aliphatic rings. The molecule has 0 atom stereocenters. The van der Waals surface area contributed by atoms with Crippen LogP contribution in [0.3, 0.4) is 0 Å². The van der Waals surface area contributed by atoms with Gasteiger partial charge in [-0.05, 0) is 35.3 Å². The second kappa shape index (κ2) is 6.94. The number of benzene rings is 1. The summed E-state index contributed by atoms with van der Waals surface area (Å²) in [5, 5.41) is 2.10. The monoisotopic (exact) mass is 360 g/mol. The molecule has 1 aromatic rings. The zero-order chi connectivity index (χ0) is 12.9.